The Labute approximate surface area is 146 Å². The predicted molar refractivity (Wildman–Crippen MR) is 104 cm³/mol. The highest BCUT2D eigenvalue weighted by Gasteiger charge is 2.13. The summed E-state index contributed by atoms with van der Waals surface area (Å²) in [6.45, 7) is 8.39. The second-order valence-corrected chi connectivity index (χ2v) is 5.24. The Hall–Kier alpha value is -0.980. The van der Waals surface area contributed by atoms with Crippen molar-refractivity contribution < 1.29 is 0 Å². The van der Waals surface area contributed by atoms with Gasteiger partial charge < -0.3 is 16.0 Å². The molecule has 0 spiro atoms. The van der Waals surface area contributed by atoms with Crippen LogP contribution in [-0.4, -0.2) is 32.1 Å². The molecule has 1 atom stereocenters. The number of halogens is 1. The molecule has 0 fully saturated rings. The highest BCUT2D eigenvalue weighted by atomic mass is 127. The molecule has 1 aromatic carbocycles. The lowest BCUT2D eigenvalue weighted by atomic mass is 10.0. The van der Waals surface area contributed by atoms with Gasteiger partial charge in [-0.25, -0.2) is 0 Å². The quantitative estimate of drug-likeness (QED) is 0.371. The maximum absolute atomic E-state index is 4.23. The lowest BCUT2D eigenvalue weighted by Crippen LogP contribution is -2.45. The number of nitrogens with one attached hydrogen (secondary N) is 3. The first-order valence-corrected chi connectivity index (χ1v) is 7.43. The Morgan fingerprint density at radius 3 is 2.33 bits per heavy atom. The molecule has 1 unspecified atom stereocenters. The fraction of sp³-hybridized carbons (Fsp3) is 0.562. The van der Waals surface area contributed by atoms with Crippen molar-refractivity contribution in [2.45, 2.75) is 33.2 Å². The Kier molecular flexibility index (Phi) is 11.1. The summed E-state index contributed by atoms with van der Waals surface area (Å²) >= 11 is 0. The van der Waals surface area contributed by atoms with E-state index in [-0.39, 0.29) is 24.0 Å². The highest BCUT2D eigenvalue weighted by molar-refractivity contribution is 14.0. The van der Waals surface area contributed by atoms with Gasteiger partial charge >= 0.3 is 0 Å². The molecule has 0 aromatic heterocycles. The molecule has 0 amide bonds. The van der Waals surface area contributed by atoms with E-state index >= 15 is 0 Å². The molecule has 5 heteroatoms. The van der Waals surface area contributed by atoms with Crippen molar-refractivity contribution in [3.8, 4) is 0 Å². The predicted octanol–water partition coefficient (Wildman–Crippen LogP) is 3.32. The summed E-state index contributed by atoms with van der Waals surface area (Å²) in [5, 5.41) is 10.2. The van der Waals surface area contributed by atoms with Crippen molar-refractivity contribution >= 4 is 35.6 Å². The lowest BCUT2D eigenvalue weighted by Gasteiger charge is -2.25. The first-order chi connectivity index (χ1) is 9.67. The zero-order chi connectivity index (χ0) is 14.8. The van der Waals surface area contributed by atoms with E-state index in [1.165, 1.54) is 0 Å². The second-order valence-electron chi connectivity index (χ2n) is 5.24. The number of guanidine groups is 1. The summed E-state index contributed by atoms with van der Waals surface area (Å²) in [6.07, 6.45) is 1.09. The van der Waals surface area contributed by atoms with E-state index in [9.17, 15) is 0 Å². The van der Waals surface area contributed by atoms with Gasteiger partial charge in [-0.15, -0.1) is 24.0 Å². The summed E-state index contributed by atoms with van der Waals surface area (Å²) in [7, 11) is 1.81. The Morgan fingerprint density at radius 1 is 1.14 bits per heavy atom. The van der Waals surface area contributed by atoms with E-state index in [0.717, 1.165) is 31.2 Å². The van der Waals surface area contributed by atoms with Gasteiger partial charge in [-0.05, 0) is 24.5 Å². The molecule has 0 aliphatic heterocycles. The Balaban J connectivity index is 0.00000400. The summed E-state index contributed by atoms with van der Waals surface area (Å²) in [5.41, 5.74) is 1.16. The van der Waals surface area contributed by atoms with E-state index in [1.807, 2.05) is 6.07 Å². The van der Waals surface area contributed by atoms with E-state index in [1.54, 1.807) is 7.05 Å². The number of nitrogens with zero attached hydrogens (tertiary/aromatic N) is 1. The first-order valence-electron chi connectivity index (χ1n) is 7.43. The molecule has 0 aliphatic carbocycles. The Morgan fingerprint density at radius 2 is 1.81 bits per heavy atom. The van der Waals surface area contributed by atoms with Crippen molar-refractivity contribution in [1.29, 1.82) is 0 Å². The Bertz CT molecular complexity index is 393. The number of rotatable bonds is 7. The van der Waals surface area contributed by atoms with Crippen LogP contribution in [0.25, 0.3) is 0 Å². The van der Waals surface area contributed by atoms with Crippen molar-refractivity contribution in [1.82, 2.24) is 10.6 Å². The van der Waals surface area contributed by atoms with Crippen molar-refractivity contribution in [3.05, 3.63) is 30.3 Å². The third-order valence-corrected chi connectivity index (χ3v) is 3.19. The minimum Gasteiger partial charge on any atom is -0.380 e. The molecule has 4 nitrogen and oxygen atoms in total. The second kappa shape index (κ2) is 11.7. The number of anilines is 1. The van der Waals surface area contributed by atoms with Gasteiger partial charge in [0.05, 0.1) is 0 Å². The van der Waals surface area contributed by atoms with Gasteiger partial charge in [0.15, 0.2) is 5.96 Å². The lowest BCUT2D eigenvalue weighted by molar-refractivity contribution is 0.512. The van der Waals surface area contributed by atoms with E-state index in [0.29, 0.717) is 12.0 Å². The van der Waals surface area contributed by atoms with Crippen LogP contribution in [-0.2, 0) is 0 Å². The maximum Gasteiger partial charge on any atom is 0.191 e. The summed E-state index contributed by atoms with van der Waals surface area (Å²) in [4.78, 5) is 4.23. The van der Waals surface area contributed by atoms with Crippen molar-refractivity contribution in [2.75, 3.05) is 25.5 Å². The van der Waals surface area contributed by atoms with E-state index < -0.39 is 0 Å². The van der Waals surface area contributed by atoms with Crippen molar-refractivity contribution in [3.63, 3.8) is 0 Å². The zero-order valence-corrected chi connectivity index (χ0v) is 15.8. The monoisotopic (exact) mass is 404 g/mol. The minimum atomic E-state index is 0. The fourth-order valence-electron chi connectivity index (χ4n) is 1.87. The van der Waals surface area contributed by atoms with Gasteiger partial charge in [0, 0.05) is 31.9 Å². The van der Waals surface area contributed by atoms with Crippen LogP contribution in [0.4, 0.5) is 5.69 Å². The van der Waals surface area contributed by atoms with Gasteiger partial charge in [-0.2, -0.15) is 0 Å². The molecule has 0 bridgehead atoms. The average molecular weight is 404 g/mol. The van der Waals surface area contributed by atoms with E-state index in [4.69, 9.17) is 0 Å². The summed E-state index contributed by atoms with van der Waals surface area (Å²) in [6, 6.07) is 10.7. The molecule has 0 heterocycles. The van der Waals surface area contributed by atoms with Gasteiger partial charge in [0.1, 0.15) is 0 Å². The van der Waals surface area contributed by atoms with E-state index in [2.05, 4.69) is 66.0 Å². The smallest absolute Gasteiger partial charge is 0.191 e. The number of hydrogen-bond acceptors (Lipinski definition) is 2. The molecule has 0 saturated heterocycles. The van der Waals surface area contributed by atoms with Gasteiger partial charge in [0.2, 0.25) is 0 Å². The van der Waals surface area contributed by atoms with Crippen LogP contribution in [0.1, 0.15) is 27.2 Å². The maximum atomic E-state index is 4.23. The average Bonchev–Trinajstić information content (AvgIpc) is 2.47. The third kappa shape index (κ3) is 8.14. The van der Waals surface area contributed by atoms with Gasteiger partial charge in [-0.3, -0.25) is 4.99 Å². The van der Waals surface area contributed by atoms with Crippen LogP contribution in [0.15, 0.2) is 35.3 Å². The van der Waals surface area contributed by atoms with Crippen LogP contribution in [0, 0.1) is 5.92 Å². The molecular weight excluding hydrogens is 375 g/mol. The molecule has 21 heavy (non-hydrogen) atoms. The van der Waals surface area contributed by atoms with Crippen LogP contribution in [0.3, 0.4) is 0 Å². The number of benzene rings is 1. The van der Waals surface area contributed by atoms with Gasteiger partial charge in [-0.1, -0.05) is 39.0 Å². The first kappa shape index (κ1) is 20.0. The number of hydrogen-bond donors (Lipinski definition) is 3. The molecule has 1 rings (SSSR count). The minimum absolute atomic E-state index is 0. The van der Waals surface area contributed by atoms with Crippen LogP contribution < -0.4 is 16.0 Å². The van der Waals surface area contributed by atoms with Crippen LogP contribution >= 0.6 is 24.0 Å². The SMILES string of the molecule is CCCNC(=NC)NCC(Nc1ccccc1)C(C)C.I. The third-order valence-electron chi connectivity index (χ3n) is 3.19. The van der Waals surface area contributed by atoms with Gasteiger partial charge in [0.25, 0.3) is 0 Å². The van der Waals surface area contributed by atoms with Crippen LogP contribution in [0.5, 0.6) is 0 Å². The topological polar surface area (TPSA) is 48.5 Å². The summed E-state index contributed by atoms with van der Waals surface area (Å²) in [5.74, 6) is 1.40. The molecule has 120 valence electrons. The number of para-hydroxylation sites is 1. The number of aliphatic imine (C=N–C) groups is 1. The molecular formula is C16H29IN4. The molecule has 0 aliphatic rings. The largest absolute Gasteiger partial charge is 0.380 e. The molecule has 0 radical (unpaired) electrons. The molecule has 0 saturated carbocycles. The summed E-state index contributed by atoms with van der Waals surface area (Å²) < 4.78 is 0. The standard InChI is InChI=1S/C16H28N4.HI/c1-5-11-18-16(17-4)19-12-15(13(2)3)20-14-9-7-6-8-10-14;/h6-10,13,15,20H,5,11-12H2,1-4H3,(H2,17,18,19);1H. The van der Waals surface area contributed by atoms with Crippen molar-refractivity contribution in [2.24, 2.45) is 10.9 Å². The normalized spacial score (nSPS) is 12.5. The zero-order valence-electron chi connectivity index (χ0n) is 13.5. The molecule has 1 aromatic rings. The molecule has 3 N–H and O–H groups in total. The highest BCUT2D eigenvalue weighted by Crippen LogP contribution is 2.11. The van der Waals surface area contributed by atoms with Crippen LogP contribution in [0.2, 0.25) is 0 Å². The fourth-order valence-corrected chi connectivity index (χ4v) is 1.87.